The fourth-order valence-electron chi connectivity index (χ4n) is 3.45. The Kier molecular flexibility index (Phi) is 3.81. The van der Waals surface area contributed by atoms with Gasteiger partial charge in [-0.15, -0.1) is 0 Å². The van der Waals surface area contributed by atoms with Crippen LogP contribution in [0.25, 0.3) is 10.9 Å². The van der Waals surface area contributed by atoms with E-state index in [0.29, 0.717) is 6.04 Å². The first-order valence-corrected chi connectivity index (χ1v) is 9.82. The highest BCUT2D eigenvalue weighted by Crippen LogP contribution is 2.43. The third kappa shape index (κ3) is 3.06. The van der Waals surface area contributed by atoms with E-state index in [1.807, 2.05) is 6.07 Å². The number of H-pyrrole nitrogens is 1. The van der Waals surface area contributed by atoms with Gasteiger partial charge in [0.05, 0.1) is 5.75 Å². The summed E-state index contributed by atoms with van der Waals surface area (Å²) in [4.78, 5) is 5.58. The van der Waals surface area contributed by atoms with Crippen molar-refractivity contribution in [1.82, 2.24) is 9.88 Å². The topological polar surface area (TPSA) is 53.2 Å². The fourth-order valence-corrected chi connectivity index (χ4v) is 4.92. The van der Waals surface area contributed by atoms with Gasteiger partial charge in [0.2, 0.25) is 0 Å². The Morgan fingerprint density at radius 2 is 2.00 bits per heavy atom. The van der Waals surface area contributed by atoms with Crippen LogP contribution in [0.1, 0.15) is 25.3 Å². The van der Waals surface area contributed by atoms with Crippen molar-refractivity contribution >= 4 is 20.7 Å². The van der Waals surface area contributed by atoms with Crippen molar-refractivity contribution in [2.75, 3.05) is 19.1 Å². The molecule has 0 saturated heterocycles. The lowest BCUT2D eigenvalue weighted by atomic mass is 10.0. The summed E-state index contributed by atoms with van der Waals surface area (Å²) in [5.41, 5.74) is 2.31. The van der Waals surface area contributed by atoms with Crippen LogP contribution in [-0.4, -0.2) is 48.9 Å². The maximum Gasteiger partial charge on any atom is 0.149 e. The zero-order valence-electron chi connectivity index (χ0n) is 13.5. The molecule has 1 aliphatic carbocycles. The molecule has 0 aliphatic heterocycles. The number of sulfone groups is 1. The molecule has 2 aromatic rings. The quantitative estimate of drug-likeness (QED) is 0.890. The van der Waals surface area contributed by atoms with Crippen LogP contribution in [0.15, 0.2) is 30.5 Å². The first-order chi connectivity index (χ1) is 10.3. The zero-order chi connectivity index (χ0) is 16.0. The molecule has 1 aromatic carbocycles. The van der Waals surface area contributed by atoms with Gasteiger partial charge < -0.3 is 4.98 Å². The second-order valence-corrected chi connectivity index (χ2v) is 8.96. The van der Waals surface area contributed by atoms with Crippen LogP contribution in [0, 0.1) is 0 Å². The van der Waals surface area contributed by atoms with Crippen molar-refractivity contribution in [3.05, 3.63) is 36.0 Å². The average Bonchev–Trinajstić information content (AvgIpc) is 3.10. The average molecular weight is 320 g/mol. The minimum atomic E-state index is -2.94. The van der Waals surface area contributed by atoms with E-state index in [9.17, 15) is 8.42 Å². The van der Waals surface area contributed by atoms with Crippen LogP contribution in [0.4, 0.5) is 0 Å². The van der Waals surface area contributed by atoms with E-state index in [0.717, 1.165) is 24.8 Å². The molecule has 1 fully saturated rings. The maximum atomic E-state index is 11.7. The molecule has 1 aromatic heterocycles. The number of hydrogen-bond acceptors (Lipinski definition) is 3. The zero-order valence-corrected chi connectivity index (χ0v) is 14.3. The number of hydrogen-bond donors (Lipinski definition) is 1. The van der Waals surface area contributed by atoms with E-state index in [1.54, 1.807) is 0 Å². The van der Waals surface area contributed by atoms with Crippen LogP contribution < -0.4 is 0 Å². The van der Waals surface area contributed by atoms with Gasteiger partial charge in [-0.05, 0) is 44.9 Å². The Balaban J connectivity index is 1.75. The summed E-state index contributed by atoms with van der Waals surface area (Å²) < 4.78 is 23.3. The third-order valence-corrected chi connectivity index (χ3v) is 6.02. The highest BCUT2D eigenvalue weighted by atomic mass is 32.2. The molecule has 1 heterocycles. The lowest BCUT2D eigenvalue weighted by Gasteiger charge is -2.33. The van der Waals surface area contributed by atoms with E-state index < -0.39 is 9.84 Å². The second kappa shape index (κ2) is 5.39. The van der Waals surface area contributed by atoms with E-state index in [2.05, 4.69) is 48.3 Å². The van der Waals surface area contributed by atoms with Crippen LogP contribution in [0.5, 0.6) is 0 Å². The summed E-state index contributed by atoms with van der Waals surface area (Å²) in [6.45, 7) is 2.18. The van der Waals surface area contributed by atoms with Crippen molar-refractivity contribution < 1.29 is 8.42 Å². The third-order valence-electron chi connectivity index (χ3n) is 4.96. The van der Waals surface area contributed by atoms with Crippen molar-refractivity contribution in [2.24, 2.45) is 0 Å². The molecule has 0 radical (unpaired) electrons. The minimum absolute atomic E-state index is 0.140. The summed E-state index contributed by atoms with van der Waals surface area (Å²) >= 11 is 0. The Morgan fingerprint density at radius 1 is 1.32 bits per heavy atom. The first kappa shape index (κ1) is 15.6. The molecule has 22 heavy (non-hydrogen) atoms. The Labute approximate surface area is 132 Å². The van der Waals surface area contributed by atoms with Gasteiger partial charge >= 0.3 is 0 Å². The Hall–Kier alpha value is -1.33. The number of para-hydroxylation sites is 1. The van der Waals surface area contributed by atoms with E-state index in [1.165, 1.54) is 17.2 Å². The van der Waals surface area contributed by atoms with Gasteiger partial charge in [0.15, 0.2) is 0 Å². The lowest BCUT2D eigenvalue weighted by Crippen LogP contribution is -2.45. The van der Waals surface area contributed by atoms with Gasteiger partial charge in [0.25, 0.3) is 0 Å². The normalized spacial score (nSPS) is 18.7. The van der Waals surface area contributed by atoms with Crippen LogP contribution >= 0.6 is 0 Å². The standard InChI is InChI=1S/C17H24N2O2S/c1-13(19(2)17(8-9-17)12-22(3,20)21)10-14-11-18-16-7-5-4-6-15(14)16/h4-7,11,13,18H,8-10,12H2,1-3H3/t13-/m1/s1. The number of rotatable bonds is 6. The van der Waals surface area contributed by atoms with Gasteiger partial charge in [0, 0.05) is 34.9 Å². The minimum Gasteiger partial charge on any atom is -0.361 e. The number of nitrogens with zero attached hydrogens (tertiary/aromatic N) is 1. The van der Waals surface area contributed by atoms with Gasteiger partial charge in [-0.1, -0.05) is 18.2 Å². The van der Waals surface area contributed by atoms with Crippen molar-refractivity contribution in [3.63, 3.8) is 0 Å². The molecular weight excluding hydrogens is 296 g/mol. The van der Waals surface area contributed by atoms with E-state index in [-0.39, 0.29) is 11.3 Å². The van der Waals surface area contributed by atoms with Gasteiger partial charge in [-0.25, -0.2) is 8.42 Å². The highest BCUT2D eigenvalue weighted by molar-refractivity contribution is 7.90. The largest absolute Gasteiger partial charge is 0.361 e. The number of aromatic nitrogens is 1. The molecule has 1 aliphatic rings. The maximum absolute atomic E-state index is 11.7. The molecule has 1 saturated carbocycles. The summed E-state index contributed by atoms with van der Waals surface area (Å²) in [6.07, 6.45) is 6.30. The van der Waals surface area contributed by atoms with Gasteiger partial charge in [-0.2, -0.15) is 0 Å². The first-order valence-electron chi connectivity index (χ1n) is 7.76. The predicted molar refractivity (Wildman–Crippen MR) is 90.9 cm³/mol. The summed E-state index contributed by atoms with van der Waals surface area (Å²) in [6, 6.07) is 8.61. The van der Waals surface area contributed by atoms with Gasteiger partial charge in [-0.3, -0.25) is 4.90 Å². The molecule has 1 atom stereocenters. The highest BCUT2D eigenvalue weighted by Gasteiger charge is 2.49. The molecule has 4 nitrogen and oxygen atoms in total. The lowest BCUT2D eigenvalue weighted by molar-refractivity contribution is 0.179. The number of likely N-dealkylation sites (N-methyl/N-ethyl adjacent to an activating group) is 1. The van der Waals surface area contributed by atoms with Crippen LogP contribution in [0.3, 0.4) is 0 Å². The summed E-state index contributed by atoms with van der Waals surface area (Å²) in [5.74, 6) is 0.273. The molecular formula is C17H24N2O2S. The Morgan fingerprint density at radius 3 is 2.64 bits per heavy atom. The number of aromatic amines is 1. The summed E-state index contributed by atoms with van der Waals surface area (Å²) in [5, 5.41) is 1.26. The van der Waals surface area contributed by atoms with E-state index in [4.69, 9.17) is 0 Å². The molecule has 1 N–H and O–H groups in total. The number of benzene rings is 1. The van der Waals surface area contributed by atoms with Gasteiger partial charge in [0.1, 0.15) is 9.84 Å². The molecule has 120 valence electrons. The van der Waals surface area contributed by atoms with Crippen LogP contribution in [-0.2, 0) is 16.3 Å². The van der Waals surface area contributed by atoms with Crippen molar-refractivity contribution in [2.45, 2.75) is 37.8 Å². The van der Waals surface area contributed by atoms with Crippen LogP contribution in [0.2, 0.25) is 0 Å². The predicted octanol–water partition coefficient (Wildman–Crippen LogP) is 2.61. The summed E-state index contributed by atoms with van der Waals surface area (Å²) in [7, 11) is -0.875. The SMILES string of the molecule is C[C@H](Cc1c[nH]c2ccccc12)N(C)C1(CS(C)(=O)=O)CC1. The van der Waals surface area contributed by atoms with E-state index >= 15 is 0 Å². The molecule has 3 rings (SSSR count). The smallest absolute Gasteiger partial charge is 0.149 e. The molecule has 0 bridgehead atoms. The Bertz CT molecular complexity index is 775. The molecule has 0 amide bonds. The fraction of sp³-hybridized carbons (Fsp3) is 0.529. The monoisotopic (exact) mass is 320 g/mol. The second-order valence-electron chi connectivity index (χ2n) is 6.82. The van der Waals surface area contributed by atoms with Crippen molar-refractivity contribution in [1.29, 1.82) is 0 Å². The molecule has 0 unspecified atom stereocenters. The number of fused-ring (bicyclic) bond motifs is 1. The molecule has 5 heteroatoms. The van der Waals surface area contributed by atoms with Crippen molar-refractivity contribution in [3.8, 4) is 0 Å². The number of nitrogens with one attached hydrogen (secondary N) is 1. The molecule has 0 spiro atoms.